The summed E-state index contributed by atoms with van der Waals surface area (Å²) in [7, 11) is 4.15. The maximum atomic E-state index is 6.36. The van der Waals surface area contributed by atoms with Crippen LogP contribution in [0, 0.1) is 0 Å². The lowest BCUT2D eigenvalue weighted by atomic mass is 10.2. The van der Waals surface area contributed by atoms with Gasteiger partial charge in [0, 0.05) is 34.6 Å². The summed E-state index contributed by atoms with van der Waals surface area (Å²) in [4.78, 5) is 3.39. The summed E-state index contributed by atoms with van der Waals surface area (Å²) >= 11 is 8.13. The van der Waals surface area contributed by atoms with E-state index in [0.29, 0.717) is 0 Å². The van der Waals surface area contributed by atoms with E-state index in [1.54, 1.807) is 11.3 Å². The van der Waals surface area contributed by atoms with Crippen molar-refractivity contribution in [2.24, 2.45) is 0 Å². The van der Waals surface area contributed by atoms with Crippen LogP contribution in [0.5, 0.6) is 0 Å². The summed E-state index contributed by atoms with van der Waals surface area (Å²) < 4.78 is 1.27. The van der Waals surface area contributed by atoms with Gasteiger partial charge >= 0.3 is 0 Å². The van der Waals surface area contributed by atoms with Crippen LogP contribution in [0.3, 0.4) is 0 Å². The molecule has 0 radical (unpaired) electrons. The Morgan fingerprint density at radius 2 is 2.06 bits per heavy atom. The number of rotatable bonds is 5. The maximum Gasteiger partial charge on any atom is 0.0636 e. The van der Waals surface area contributed by atoms with Crippen LogP contribution < -0.4 is 5.32 Å². The van der Waals surface area contributed by atoms with Gasteiger partial charge in [0.25, 0.3) is 0 Å². The molecular formula is C13H17ClN2S. The Balaban J connectivity index is 2.01. The van der Waals surface area contributed by atoms with Crippen LogP contribution in [-0.2, 0) is 6.54 Å². The Bertz CT molecular complexity index is 493. The maximum absolute atomic E-state index is 6.36. The molecule has 2 nitrogen and oxygen atoms in total. The zero-order valence-electron chi connectivity index (χ0n) is 10.2. The molecule has 0 aliphatic heterocycles. The normalized spacial score (nSPS) is 11.5. The molecule has 4 heteroatoms. The van der Waals surface area contributed by atoms with E-state index in [1.807, 2.05) is 6.07 Å². The molecular weight excluding hydrogens is 252 g/mol. The number of fused-ring (bicyclic) bond motifs is 1. The molecule has 1 N–H and O–H groups in total. The minimum Gasteiger partial charge on any atom is -0.311 e. The van der Waals surface area contributed by atoms with E-state index in [0.717, 1.165) is 24.7 Å². The standard InChI is InChI=1S/C13H17ClN2S/c1-16(2)8-7-15-9-12-13(14)10-5-3-4-6-11(10)17-12/h3-6,15H,7-9H2,1-2H3. The Kier molecular flexibility index (Phi) is 4.40. The Hall–Kier alpha value is -0.610. The number of thiophene rings is 1. The predicted octanol–water partition coefficient (Wildman–Crippen LogP) is 3.21. The lowest BCUT2D eigenvalue weighted by Crippen LogP contribution is -2.25. The van der Waals surface area contributed by atoms with E-state index in [2.05, 4.69) is 42.5 Å². The van der Waals surface area contributed by atoms with Crippen molar-refractivity contribution in [1.29, 1.82) is 0 Å². The number of nitrogens with zero attached hydrogens (tertiary/aromatic N) is 1. The molecule has 1 aromatic carbocycles. The third-order valence-corrected chi connectivity index (χ3v) is 4.34. The van der Waals surface area contributed by atoms with Crippen LogP contribution in [0.2, 0.25) is 5.02 Å². The zero-order chi connectivity index (χ0) is 12.3. The molecule has 0 aliphatic rings. The molecule has 0 fully saturated rings. The van der Waals surface area contributed by atoms with Crippen LogP contribution in [0.25, 0.3) is 10.1 Å². The van der Waals surface area contributed by atoms with Gasteiger partial charge in [0.15, 0.2) is 0 Å². The molecule has 0 bridgehead atoms. The highest BCUT2D eigenvalue weighted by atomic mass is 35.5. The van der Waals surface area contributed by atoms with Gasteiger partial charge in [0.05, 0.1) is 5.02 Å². The van der Waals surface area contributed by atoms with Crippen molar-refractivity contribution in [1.82, 2.24) is 10.2 Å². The summed E-state index contributed by atoms with van der Waals surface area (Å²) in [6, 6.07) is 8.29. The fourth-order valence-corrected chi connectivity index (χ4v) is 3.15. The molecule has 2 aromatic rings. The first-order valence-corrected chi connectivity index (χ1v) is 6.89. The third kappa shape index (κ3) is 3.19. The smallest absolute Gasteiger partial charge is 0.0636 e. The first-order valence-electron chi connectivity index (χ1n) is 5.70. The predicted molar refractivity (Wildman–Crippen MR) is 77.1 cm³/mol. The molecule has 0 atom stereocenters. The van der Waals surface area contributed by atoms with Crippen LogP contribution >= 0.6 is 22.9 Å². The topological polar surface area (TPSA) is 15.3 Å². The van der Waals surface area contributed by atoms with Crippen molar-refractivity contribution in [3.8, 4) is 0 Å². The van der Waals surface area contributed by atoms with Crippen molar-refractivity contribution in [3.63, 3.8) is 0 Å². The minimum absolute atomic E-state index is 0.853. The van der Waals surface area contributed by atoms with Crippen LogP contribution in [-0.4, -0.2) is 32.1 Å². The molecule has 1 aromatic heterocycles. The van der Waals surface area contributed by atoms with Crippen LogP contribution in [0.1, 0.15) is 4.88 Å². The van der Waals surface area contributed by atoms with E-state index >= 15 is 0 Å². The number of hydrogen-bond acceptors (Lipinski definition) is 3. The molecule has 0 spiro atoms. The van der Waals surface area contributed by atoms with E-state index in [-0.39, 0.29) is 0 Å². The Morgan fingerprint density at radius 3 is 2.76 bits per heavy atom. The lowest BCUT2D eigenvalue weighted by molar-refractivity contribution is 0.400. The SMILES string of the molecule is CN(C)CCNCc1sc2ccccc2c1Cl. The van der Waals surface area contributed by atoms with Crippen LogP contribution in [0.15, 0.2) is 24.3 Å². The summed E-state index contributed by atoms with van der Waals surface area (Å²) in [6.45, 7) is 2.88. The quantitative estimate of drug-likeness (QED) is 0.838. The highest BCUT2D eigenvalue weighted by Crippen LogP contribution is 2.34. The molecule has 0 amide bonds. The molecule has 17 heavy (non-hydrogen) atoms. The first-order chi connectivity index (χ1) is 8.18. The summed E-state index contributed by atoms with van der Waals surface area (Å²) in [6.07, 6.45) is 0. The second-order valence-electron chi connectivity index (χ2n) is 4.32. The summed E-state index contributed by atoms with van der Waals surface area (Å²) in [5.74, 6) is 0. The van der Waals surface area contributed by atoms with Crippen molar-refractivity contribution < 1.29 is 0 Å². The zero-order valence-corrected chi connectivity index (χ0v) is 11.7. The number of hydrogen-bond donors (Lipinski definition) is 1. The van der Waals surface area contributed by atoms with Crippen molar-refractivity contribution in [3.05, 3.63) is 34.2 Å². The van der Waals surface area contributed by atoms with Gasteiger partial charge < -0.3 is 10.2 Å². The van der Waals surface area contributed by atoms with Crippen LogP contribution in [0.4, 0.5) is 0 Å². The van der Waals surface area contributed by atoms with Crippen molar-refractivity contribution >= 4 is 33.0 Å². The molecule has 92 valence electrons. The molecule has 0 unspecified atom stereocenters. The third-order valence-electron chi connectivity index (χ3n) is 2.62. The highest BCUT2D eigenvalue weighted by molar-refractivity contribution is 7.19. The number of halogens is 1. The van der Waals surface area contributed by atoms with E-state index < -0.39 is 0 Å². The largest absolute Gasteiger partial charge is 0.311 e. The van der Waals surface area contributed by atoms with Gasteiger partial charge in [-0.1, -0.05) is 29.8 Å². The number of benzene rings is 1. The van der Waals surface area contributed by atoms with Gasteiger partial charge in [-0.05, 0) is 20.2 Å². The molecule has 0 aliphatic carbocycles. The van der Waals surface area contributed by atoms with Crippen molar-refractivity contribution in [2.45, 2.75) is 6.54 Å². The highest BCUT2D eigenvalue weighted by Gasteiger charge is 2.08. The second kappa shape index (κ2) is 5.83. The Morgan fingerprint density at radius 1 is 1.29 bits per heavy atom. The van der Waals surface area contributed by atoms with Gasteiger partial charge in [-0.3, -0.25) is 0 Å². The van der Waals surface area contributed by atoms with E-state index in [4.69, 9.17) is 11.6 Å². The minimum atomic E-state index is 0.853. The van der Waals surface area contributed by atoms with E-state index in [1.165, 1.54) is 15.0 Å². The Labute approximate surface area is 111 Å². The lowest BCUT2D eigenvalue weighted by Gasteiger charge is -2.09. The van der Waals surface area contributed by atoms with Gasteiger partial charge in [-0.15, -0.1) is 11.3 Å². The van der Waals surface area contributed by atoms with Crippen molar-refractivity contribution in [2.75, 3.05) is 27.2 Å². The first kappa shape index (κ1) is 12.8. The second-order valence-corrected chi connectivity index (χ2v) is 5.83. The number of nitrogens with one attached hydrogen (secondary N) is 1. The molecule has 2 rings (SSSR count). The average molecular weight is 269 g/mol. The molecule has 0 saturated heterocycles. The van der Waals surface area contributed by atoms with Gasteiger partial charge in [0.1, 0.15) is 0 Å². The fraction of sp³-hybridized carbons (Fsp3) is 0.385. The summed E-state index contributed by atoms with van der Waals surface area (Å²) in [5.41, 5.74) is 0. The fourth-order valence-electron chi connectivity index (χ4n) is 1.68. The van der Waals surface area contributed by atoms with E-state index in [9.17, 15) is 0 Å². The molecule has 1 heterocycles. The van der Waals surface area contributed by atoms with Gasteiger partial charge in [-0.25, -0.2) is 0 Å². The number of likely N-dealkylation sites (N-methyl/N-ethyl adjacent to an activating group) is 1. The van der Waals surface area contributed by atoms with Gasteiger partial charge in [-0.2, -0.15) is 0 Å². The monoisotopic (exact) mass is 268 g/mol. The van der Waals surface area contributed by atoms with Gasteiger partial charge in [0.2, 0.25) is 0 Å². The summed E-state index contributed by atoms with van der Waals surface area (Å²) in [5, 5.41) is 5.49. The average Bonchev–Trinajstić information content (AvgIpc) is 2.63. The molecule has 0 saturated carbocycles.